The number of hydrogen-bond donors (Lipinski definition) is 1. The molecule has 0 aliphatic heterocycles. The molecule has 0 saturated heterocycles. The van der Waals surface area contributed by atoms with Gasteiger partial charge in [0.1, 0.15) is 0 Å². The molecule has 21 heavy (non-hydrogen) atoms. The Balaban J connectivity index is 2.00. The number of nitrogens with zero attached hydrogens (tertiary/aromatic N) is 1. The van der Waals surface area contributed by atoms with Gasteiger partial charge in [-0.25, -0.2) is 8.42 Å². The molecule has 1 aromatic carbocycles. The highest BCUT2D eigenvalue weighted by atomic mass is 35.7. The van der Waals surface area contributed by atoms with Crippen molar-refractivity contribution in [1.82, 2.24) is 10.3 Å². The zero-order valence-electron chi connectivity index (χ0n) is 11.2. The standard InChI is InChI=1S/C14H13ClN2O3S/c1-10-2-5-12(9-16-10)14(18)17-8-11-3-6-13(7-4-11)21(15,19)20/h2-7,9H,8H2,1H3,(H,17,18). The first-order valence-corrected chi connectivity index (χ1v) is 8.41. The molecule has 0 atom stereocenters. The summed E-state index contributed by atoms with van der Waals surface area (Å²) in [6.07, 6.45) is 1.51. The van der Waals surface area contributed by atoms with E-state index in [9.17, 15) is 13.2 Å². The normalized spacial score (nSPS) is 11.1. The van der Waals surface area contributed by atoms with Crippen LogP contribution in [0, 0.1) is 6.92 Å². The molecule has 1 heterocycles. The first kappa shape index (κ1) is 15.5. The predicted octanol–water partition coefficient (Wildman–Crippen LogP) is 2.25. The first-order chi connectivity index (χ1) is 9.86. The molecule has 0 aliphatic carbocycles. The van der Waals surface area contributed by atoms with Crippen molar-refractivity contribution in [3.8, 4) is 0 Å². The van der Waals surface area contributed by atoms with E-state index >= 15 is 0 Å². The average Bonchev–Trinajstić information content (AvgIpc) is 2.45. The van der Waals surface area contributed by atoms with E-state index in [4.69, 9.17) is 10.7 Å². The molecule has 1 aromatic heterocycles. The number of carbonyl (C=O) groups is 1. The molecular formula is C14H13ClN2O3S. The van der Waals surface area contributed by atoms with Crippen LogP contribution in [0.4, 0.5) is 0 Å². The third-order valence-corrected chi connectivity index (χ3v) is 4.20. The Labute approximate surface area is 127 Å². The van der Waals surface area contributed by atoms with Gasteiger partial charge in [0.15, 0.2) is 0 Å². The number of aromatic nitrogens is 1. The van der Waals surface area contributed by atoms with E-state index in [1.807, 2.05) is 6.92 Å². The van der Waals surface area contributed by atoms with Gasteiger partial charge in [0.25, 0.3) is 15.0 Å². The molecule has 1 amide bonds. The van der Waals surface area contributed by atoms with Gasteiger partial charge in [-0.15, -0.1) is 0 Å². The van der Waals surface area contributed by atoms with E-state index in [0.29, 0.717) is 5.56 Å². The number of carbonyl (C=O) groups excluding carboxylic acids is 1. The van der Waals surface area contributed by atoms with Crippen molar-refractivity contribution >= 4 is 25.6 Å². The van der Waals surface area contributed by atoms with E-state index < -0.39 is 9.05 Å². The van der Waals surface area contributed by atoms with E-state index in [0.717, 1.165) is 11.3 Å². The van der Waals surface area contributed by atoms with E-state index in [1.54, 1.807) is 24.3 Å². The van der Waals surface area contributed by atoms with Crippen LogP contribution >= 0.6 is 10.7 Å². The number of nitrogens with one attached hydrogen (secondary N) is 1. The molecule has 0 aliphatic rings. The summed E-state index contributed by atoms with van der Waals surface area (Å²) in [5, 5.41) is 2.73. The number of hydrogen-bond acceptors (Lipinski definition) is 4. The lowest BCUT2D eigenvalue weighted by Crippen LogP contribution is -2.22. The van der Waals surface area contributed by atoms with Crippen LogP contribution in [0.15, 0.2) is 47.5 Å². The number of rotatable bonds is 4. The Bertz CT molecular complexity index is 741. The second kappa shape index (κ2) is 6.24. The summed E-state index contributed by atoms with van der Waals surface area (Å²) in [7, 11) is 1.51. The summed E-state index contributed by atoms with van der Waals surface area (Å²) in [5.74, 6) is -0.239. The SMILES string of the molecule is Cc1ccc(C(=O)NCc2ccc(S(=O)(=O)Cl)cc2)cn1. The fraction of sp³-hybridized carbons (Fsp3) is 0.143. The van der Waals surface area contributed by atoms with E-state index in [1.165, 1.54) is 18.3 Å². The Kier molecular flexibility index (Phi) is 4.59. The summed E-state index contributed by atoms with van der Waals surface area (Å²) in [6.45, 7) is 2.13. The summed E-state index contributed by atoms with van der Waals surface area (Å²) in [5.41, 5.74) is 2.08. The van der Waals surface area contributed by atoms with E-state index in [2.05, 4.69) is 10.3 Å². The molecule has 0 radical (unpaired) electrons. The number of halogens is 1. The van der Waals surface area contributed by atoms with Crippen LogP contribution < -0.4 is 5.32 Å². The van der Waals surface area contributed by atoms with Crippen LogP contribution in [0.3, 0.4) is 0 Å². The Morgan fingerprint density at radius 3 is 2.38 bits per heavy atom. The third-order valence-electron chi connectivity index (χ3n) is 2.83. The lowest BCUT2D eigenvalue weighted by molar-refractivity contribution is 0.0950. The van der Waals surface area contributed by atoms with Crippen molar-refractivity contribution in [2.45, 2.75) is 18.4 Å². The lowest BCUT2D eigenvalue weighted by atomic mass is 10.2. The van der Waals surface area contributed by atoms with Gasteiger partial charge in [-0.1, -0.05) is 12.1 Å². The van der Waals surface area contributed by atoms with Gasteiger partial charge in [-0.05, 0) is 36.8 Å². The summed E-state index contributed by atoms with van der Waals surface area (Å²) < 4.78 is 22.2. The maximum Gasteiger partial charge on any atom is 0.261 e. The fourth-order valence-corrected chi connectivity index (χ4v) is 2.43. The Morgan fingerprint density at radius 1 is 1.19 bits per heavy atom. The second-order valence-electron chi connectivity index (χ2n) is 4.45. The maximum atomic E-state index is 11.9. The van der Waals surface area contributed by atoms with Crippen LogP contribution in [-0.2, 0) is 15.6 Å². The molecule has 0 spiro atoms. The molecule has 2 rings (SSSR count). The monoisotopic (exact) mass is 324 g/mol. The summed E-state index contributed by atoms with van der Waals surface area (Å²) in [4.78, 5) is 16.0. The number of aryl methyl sites for hydroxylation is 1. The summed E-state index contributed by atoms with van der Waals surface area (Å²) in [6, 6.07) is 9.45. The van der Waals surface area contributed by atoms with Crippen LogP contribution in [0.25, 0.3) is 0 Å². The van der Waals surface area contributed by atoms with Gasteiger partial charge >= 0.3 is 0 Å². The number of amides is 1. The molecule has 7 heteroatoms. The van der Waals surface area contributed by atoms with Gasteiger partial charge in [0.05, 0.1) is 10.5 Å². The molecule has 0 unspecified atom stereocenters. The van der Waals surface area contributed by atoms with Crippen molar-refractivity contribution in [1.29, 1.82) is 0 Å². The minimum absolute atomic E-state index is 0.0296. The van der Waals surface area contributed by atoms with Crippen LogP contribution in [0.5, 0.6) is 0 Å². The van der Waals surface area contributed by atoms with Crippen molar-refractivity contribution in [2.75, 3.05) is 0 Å². The van der Waals surface area contributed by atoms with Gasteiger partial charge in [0.2, 0.25) is 0 Å². The average molecular weight is 325 g/mol. The minimum Gasteiger partial charge on any atom is -0.348 e. The van der Waals surface area contributed by atoms with Crippen molar-refractivity contribution in [3.05, 3.63) is 59.4 Å². The molecule has 0 bridgehead atoms. The Morgan fingerprint density at radius 2 is 1.86 bits per heavy atom. The maximum absolute atomic E-state index is 11.9. The van der Waals surface area contributed by atoms with Crippen molar-refractivity contribution < 1.29 is 13.2 Å². The number of pyridine rings is 1. The van der Waals surface area contributed by atoms with Crippen LogP contribution in [0.1, 0.15) is 21.6 Å². The van der Waals surface area contributed by atoms with Gasteiger partial charge < -0.3 is 5.32 Å². The predicted molar refractivity (Wildman–Crippen MR) is 79.6 cm³/mol. The fourth-order valence-electron chi connectivity index (χ4n) is 1.66. The first-order valence-electron chi connectivity index (χ1n) is 6.11. The largest absolute Gasteiger partial charge is 0.348 e. The topological polar surface area (TPSA) is 76.1 Å². The lowest BCUT2D eigenvalue weighted by Gasteiger charge is -2.06. The van der Waals surface area contributed by atoms with Gasteiger partial charge in [0, 0.05) is 29.1 Å². The van der Waals surface area contributed by atoms with Crippen LogP contribution in [-0.4, -0.2) is 19.3 Å². The molecular weight excluding hydrogens is 312 g/mol. The second-order valence-corrected chi connectivity index (χ2v) is 7.02. The van der Waals surface area contributed by atoms with Crippen molar-refractivity contribution in [3.63, 3.8) is 0 Å². The van der Waals surface area contributed by atoms with Gasteiger partial charge in [-0.3, -0.25) is 9.78 Å². The van der Waals surface area contributed by atoms with Crippen LogP contribution in [0.2, 0.25) is 0 Å². The highest BCUT2D eigenvalue weighted by Crippen LogP contribution is 2.15. The molecule has 2 aromatic rings. The zero-order valence-corrected chi connectivity index (χ0v) is 12.8. The number of benzene rings is 1. The van der Waals surface area contributed by atoms with Crippen molar-refractivity contribution in [2.24, 2.45) is 0 Å². The molecule has 0 saturated carbocycles. The third kappa shape index (κ3) is 4.27. The highest BCUT2D eigenvalue weighted by Gasteiger charge is 2.09. The Hall–Kier alpha value is -1.92. The smallest absolute Gasteiger partial charge is 0.261 e. The molecule has 0 fully saturated rings. The molecule has 1 N–H and O–H groups in total. The minimum atomic E-state index is -3.72. The quantitative estimate of drug-likeness (QED) is 0.875. The summed E-state index contributed by atoms with van der Waals surface area (Å²) >= 11 is 0. The van der Waals surface area contributed by atoms with E-state index in [-0.39, 0.29) is 17.3 Å². The zero-order chi connectivity index (χ0) is 15.5. The molecule has 5 nitrogen and oxygen atoms in total. The highest BCUT2D eigenvalue weighted by molar-refractivity contribution is 8.13. The molecule has 110 valence electrons. The van der Waals surface area contributed by atoms with Gasteiger partial charge in [-0.2, -0.15) is 0 Å².